The van der Waals surface area contributed by atoms with Crippen molar-refractivity contribution in [1.29, 1.82) is 0 Å². The highest BCUT2D eigenvalue weighted by molar-refractivity contribution is 7.92. The molecule has 0 spiro atoms. The molecule has 0 aliphatic carbocycles. The predicted molar refractivity (Wildman–Crippen MR) is 137 cm³/mol. The monoisotopic (exact) mass is 540 g/mol. The van der Waals surface area contributed by atoms with Gasteiger partial charge in [0.1, 0.15) is 5.75 Å². The molecule has 1 atom stereocenters. The maximum Gasteiger partial charge on any atom is 0.409 e. The number of hydrogen-bond donors (Lipinski definition) is 4. The van der Waals surface area contributed by atoms with Gasteiger partial charge in [-0.05, 0) is 49.2 Å². The van der Waals surface area contributed by atoms with Crippen molar-refractivity contribution in [2.75, 3.05) is 22.8 Å². The minimum absolute atomic E-state index is 0.152. The van der Waals surface area contributed by atoms with Crippen molar-refractivity contribution in [2.45, 2.75) is 37.5 Å². The van der Waals surface area contributed by atoms with Gasteiger partial charge in [-0.2, -0.15) is 0 Å². The van der Waals surface area contributed by atoms with Gasteiger partial charge < -0.3 is 21.5 Å². The first-order valence-corrected chi connectivity index (χ1v) is 14.8. The van der Waals surface area contributed by atoms with Crippen molar-refractivity contribution in [3.63, 3.8) is 0 Å². The first-order chi connectivity index (χ1) is 17.0. The average molecular weight is 541 g/mol. The molecule has 2 amide bonds. The molecule has 0 bridgehead atoms. The lowest BCUT2D eigenvalue weighted by Crippen LogP contribution is -2.41. The van der Waals surface area contributed by atoms with E-state index >= 15 is 0 Å². The maximum atomic E-state index is 12.7. The van der Waals surface area contributed by atoms with E-state index in [1.54, 1.807) is 30.3 Å². The number of nitrogens with two attached hydrogens (primary N) is 2. The standard InChI is InChI=1S/C23H32N4O7S2/c24-14-5-4-8-20(17-36(32,33)27-19-9-11-21(12-10-19)34-23(25)29)26-22(28)13-15-35(30,31)16-18-6-2-1-3-7-18/h1-3,6-7,9-12,20,27H,4-5,8,13-17,24H2,(H2,25,29)(H,26,28)/t20-/m0/s1. The lowest BCUT2D eigenvalue weighted by atomic mass is 10.1. The van der Waals surface area contributed by atoms with Crippen molar-refractivity contribution in [2.24, 2.45) is 11.5 Å². The molecule has 0 radical (unpaired) electrons. The normalized spacial score (nSPS) is 12.5. The summed E-state index contributed by atoms with van der Waals surface area (Å²) >= 11 is 0. The number of anilines is 1. The van der Waals surface area contributed by atoms with Crippen LogP contribution in [0.25, 0.3) is 0 Å². The summed E-state index contributed by atoms with van der Waals surface area (Å²) in [7, 11) is -7.40. The number of carbonyl (C=O) groups is 2. The molecule has 2 aromatic rings. The second-order valence-electron chi connectivity index (χ2n) is 8.21. The van der Waals surface area contributed by atoms with Crippen molar-refractivity contribution >= 4 is 37.5 Å². The Morgan fingerprint density at radius 1 is 0.944 bits per heavy atom. The van der Waals surface area contributed by atoms with Gasteiger partial charge in [-0.15, -0.1) is 0 Å². The molecule has 13 heteroatoms. The Labute approximate surface area is 211 Å². The number of primary amides is 1. The zero-order chi connectivity index (χ0) is 26.6. The Balaban J connectivity index is 1.96. The fourth-order valence-electron chi connectivity index (χ4n) is 3.37. The van der Waals surface area contributed by atoms with Crippen LogP contribution in [0.15, 0.2) is 54.6 Å². The Hall–Kier alpha value is -3.16. The summed E-state index contributed by atoms with van der Waals surface area (Å²) in [6, 6.07) is 13.5. The van der Waals surface area contributed by atoms with E-state index in [-0.39, 0.29) is 29.4 Å². The lowest BCUT2D eigenvalue weighted by Gasteiger charge is -2.19. The molecule has 0 fully saturated rings. The van der Waals surface area contributed by atoms with Crippen LogP contribution in [0.1, 0.15) is 31.2 Å². The summed E-state index contributed by atoms with van der Waals surface area (Å²) < 4.78 is 57.3. The van der Waals surface area contributed by atoms with Gasteiger partial charge in [-0.3, -0.25) is 9.52 Å². The van der Waals surface area contributed by atoms with Gasteiger partial charge in [-0.25, -0.2) is 21.6 Å². The van der Waals surface area contributed by atoms with Gasteiger partial charge in [0.15, 0.2) is 9.84 Å². The van der Waals surface area contributed by atoms with E-state index in [9.17, 15) is 26.4 Å². The Bertz CT molecular complexity index is 1200. The third-order valence-electron chi connectivity index (χ3n) is 5.01. The van der Waals surface area contributed by atoms with Gasteiger partial charge in [-0.1, -0.05) is 36.8 Å². The summed E-state index contributed by atoms with van der Waals surface area (Å²) in [5.74, 6) is -1.34. The van der Waals surface area contributed by atoms with E-state index < -0.39 is 43.7 Å². The number of sulfonamides is 1. The Morgan fingerprint density at radius 3 is 2.22 bits per heavy atom. The third kappa shape index (κ3) is 11.5. The number of ether oxygens (including phenoxy) is 1. The average Bonchev–Trinajstić information content (AvgIpc) is 2.79. The number of unbranched alkanes of at least 4 members (excludes halogenated alkanes) is 1. The fourth-order valence-corrected chi connectivity index (χ4v) is 6.07. The number of hydrogen-bond acceptors (Lipinski definition) is 8. The largest absolute Gasteiger partial charge is 0.411 e. The van der Waals surface area contributed by atoms with Gasteiger partial charge in [0.25, 0.3) is 0 Å². The van der Waals surface area contributed by atoms with Gasteiger partial charge in [0, 0.05) is 18.2 Å². The first kappa shape index (κ1) is 29.1. The van der Waals surface area contributed by atoms with Crippen molar-refractivity contribution in [3.05, 3.63) is 60.2 Å². The molecule has 0 aliphatic heterocycles. The molecule has 0 aliphatic rings. The van der Waals surface area contributed by atoms with Crippen molar-refractivity contribution in [1.82, 2.24) is 5.32 Å². The van der Waals surface area contributed by atoms with Crippen LogP contribution in [0.2, 0.25) is 0 Å². The van der Waals surface area contributed by atoms with E-state index in [0.29, 0.717) is 31.4 Å². The minimum Gasteiger partial charge on any atom is -0.411 e. The van der Waals surface area contributed by atoms with Crippen LogP contribution < -0.4 is 26.2 Å². The van der Waals surface area contributed by atoms with Crippen LogP contribution in [0.3, 0.4) is 0 Å². The number of carbonyl (C=O) groups excluding carboxylic acids is 2. The van der Waals surface area contributed by atoms with E-state index in [0.717, 1.165) is 0 Å². The molecule has 0 aromatic heterocycles. The molecular formula is C23H32N4O7S2. The quantitative estimate of drug-likeness (QED) is 0.245. The smallest absolute Gasteiger partial charge is 0.409 e. The van der Waals surface area contributed by atoms with E-state index in [2.05, 4.69) is 10.0 Å². The Morgan fingerprint density at radius 2 is 1.61 bits per heavy atom. The predicted octanol–water partition coefficient (Wildman–Crippen LogP) is 1.50. The molecule has 0 heterocycles. The highest BCUT2D eigenvalue weighted by Gasteiger charge is 2.22. The van der Waals surface area contributed by atoms with Crippen LogP contribution in [0.4, 0.5) is 10.5 Å². The third-order valence-corrected chi connectivity index (χ3v) is 8.00. The molecule has 0 saturated carbocycles. The van der Waals surface area contributed by atoms with Gasteiger partial charge >= 0.3 is 6.09 Å². The lowest BCUT2D eigenvalue weighted by molar-refractivity contribution is -0.121. The molecule has 0 unspecified atom stereocenters. The molecule has 0 saturated heterocycles. The van der Waals surface area contributed by atoms with E-state index in [1.807, 2.05) is 0 Å². The Kier molecular flexibility index (Phi) is 11.1. The van der Waals surface area contributed by atoms with Crippen molar-refractivity contribution < 1.29 is 31.2 Å². The summed E-state index contributed by atoms with van der Waals surface area (Å²) in [5.41, 5.74) is 11.3. The second-order valence-corrected chi connectivity index (χ2v) is 12.2. The second kappa shape index (κ2) is 13.8. The number of sulfone groups is 1. The van der Waals surface area contributed by atoms with E-state index in [4.69, 9.17) is 16.2 Å². The summed E-state index contributed by atoms with van der Waals surface area (Å²) in [6.45, 7) is 0.420. The highest BCUT2D eigenvalue weighted by Crippen LogP contribution is 2.17. The first-order valence-electron chi connectivity index (χ1n) is 11.3. The molecule has 11 nitrogen and oxygen atoms in total. The van der Waals surface area contributed by atoms with Crippen LogP contribution in [-0.4, -0.2) is 52.9 Å². The van der Waals surface area contributed by atoms with Gasteiger partial charge in [0.2, 0.25) is 15.9 Å². The van der Waals surface area contributed by atoms with Crippen LogP contribution in [0, 0.1) is 0 Å². The van der Waals surface area contributed by atoms with Crippen LogP contribution >= 0.6 is 0 Å². The maximum absolute atomic E-state index is 12.7. The van der Waals surface area contributed by atoms with E-state index in [1.165, 1.54) is 24.3 Å². The summed E-state index contributed by atoms with van der Waals surface area (Å²) in [6.07, 6.45) is 0.311. The SMILES string of the molecule is NCCCC[C@@H](CS(=O)(=O)Nc1ccc(OC(N)=O)cc1)NC(=O)CCS(=O)(=O)Cc1ccccc1. The van der Waals surface area contributed by atoms with Crippen LogP contribution in [-0.2, 0) is 30.4 Å². The number of amides is 2. The summed E-state index contributed by atoms with van der Waals surface area (Å²) in [4.78, 5) is 23.3. The minimum atomic E-state index is -3.88. The van der Waals surface area contributed by atoms with Gasteiger partial charge in [0.05, 0.1) is 17.3 Å². The molecule has 2 rings (SSSR count). The van der Waals surface area contributed by atoms with Crippen LogP contribution in [0.5, 0.6) is 5.75 Å². The highest BCUT2D eigenvalue weighted by atomic mass is 32.2. The molecule has 2 aromatic carbocycles. The number of nitrogens with one attached hydrogen (secondary N) is 2. The number of benzene rings is 2. The molecule has 6 N–H and O–H groups in total. The number of rotatable bonds is 15. The fraction of sp³-hybridized carbons (Fsp3) is 0.391. The molecule has 36 heavy (non-hydrogen) atoms. The summed E-state index contributed by atoms with van der Waals surface area (Å²) in [5, 5.41) is 2.65. The zero-order valence-corrected chi connectivity index (χ0v) is 21.4. The van der Waals surface area contributed by atoms with Crippen molar-refractivity contribution in [3.8, 4) is 5.75 Å². The zero-order valence-electron chi connectivity index (χ0n) is 19.8. The molecule has 198 valence electrons. The molecular weight excluding hydrogens is 508 g/mol. The topological polar surface area (TPSA) is 188 Å².